The van der Waals surface area contributed by atoms with Gasteiger partial charge in [-0.05, 0) is 33.3 Å². The molecule has 8 heteroatoms. The van der Waals surface area contributed by atoms with Crippen LogP contribution in [0.1, 0.15) is 71.7 Å². The van der Waals surface area contributed by atoms with Gasteiger partial charge in [-0.15, -0.1) is 0 Å². The summed E-state index contributed by atoms with van der Waals surface area (Å²) in [7, 11) is 0. The first-order valence-corrected chi connectivity index (χ1v) is 13.4. The summed E-state index contributed by atoms with van der Waals surface area (Å²) in [6, 6.07) is 3.36. The van der Waals surface area contributed by atoms with Crippen LogP contribution in [0, 0.1) is 0 Å². The third-order valence-corrected chi connectivity index (χ3v) is 7.96. The highest BCUT2D eigenvalue weighted by atomic mass is 16.5. The molecule has 196 valence electrons. The Morgan fingerprint density at radius 2 is 2.00 bits per heavy atom. The molecule has 3 aliphatic heterocycles. The highest BCUT2D eigenvalue weighted by Gasteiger charge is 2.41. The van der Waals surface area contributed by atoms with Gasteiger partial charge in [-0.3, -0.25) is 19.6 Å². The minimum absolute atomic E-state index is 0.114. The Kier molecular flexibility index (Phi) is 8.18. The summed E-state index contributed by atoms with van der Waals surface area (Å²) in [6.07, 6.45) is 2.83. The maximum absolute atomic E-state index is 13.8. The normalized spacial score (nSPS) is 30.3. The Hall–Kier alpha value is -1.58. The number of anilines is 1. The summed E-state index contributed by atoms with van der Waals surface area (Å²) in [5.41, 5.74) is 2.39. The van der Waals surface area contributed by atoms with E-state index in [1.807, 2.05) is 11.0 Å². The molecule has 5 atom stereocenters. The molecule has 0 radical (unpaired) electrons. The van der Waals surface area contributed by atoms with Crippen molar-refractivity contribution < 1.29 is 14.6 Å². The van der Waals surface area contributed by atoms with Crippen LogP contribution in [-0.2, 0) is 14.9 Å². The van der Waals surface area contributed by atoms with Crippen LogP contribution < -0.4 is 10.2 Å². The molecule has 2 saturated heterocycles. The number of hydrogen-bond acceptors (Lipinski definition) is 7. The van der Waals surface area contributed by atoms with Gasteiger partial charge in [0.2, 0.25) is 5.91 Å². The number of nitrogens with one attached hydrogen (secondary N) is 1. The molecule has 4 heterocycles. The van der Waals surface area contributed by atoms with Crippen molar-refractivity contribution in [3.63, 3.8) is 0 Å². The first-order chi connectivity index (χ1) is 16.6. The molecule has 0 aliphatic carbocycles. The maximum Gasteiger partial charge on any atom is 0.241 e. The van der Waals surface area contributed by atoms with Gasteiger partial charge in [0.25, 0.3) is 0 Å². The van der Waals surface area contributed by atoms with Gasteiger partial charge in [-0.1, -0.05) is 27.2 Å². The van der Waals surface area contributed by atoms with Gasteiger partial charge in [0.15, 0.2) is 0 Å². The molecule has 0 spiro atoms. The van der Waals surface area contributed by atoms with Crippen LogP contribution in [0.5, 0.6) is 0 Å². The number of morpholine rings is 1. The van der Waals surface area contributed by atoms with E-state index in [2.05, 4.69) is 56.7 Å². The number of carbonyl (C=O) groups excluding carboxylic acids is 1. The highest BCUT2D eigenvalue weighted by Crippen LogP contribution is 2.40. The monoisotopic (exact) mass is 487 g/mol. The number of amides is 1. The number of pyridine rings is 1. The largest absolute Gasteiger partial charge is 0.388 e. The SMILES string of the molecule is CCCC(O)c1cnc2c(c1)N(C(=O)CN1CC(C)NCC1CN1C(C)COCC1C)CC2(C)C. The minimum atomic E-state index is -0.547. The van der Waals surface area contributed by atoms with Crippen molar-refractivity contribution in [3.8, 4) is 0 Å². The molecule has 8 nitrogen and oxygen atoms in total. The molecular weight excluding hydrogens is 442 g/mol. The fourth-order valence-electron chi connectivity index (χ4n) is 5.90. The number of nitrogens with zero attached hydrogens (tertiary/aromatic N) is 4. The van der Waals surface area contributed by atoms with E-state index < -0.39 is 6.10 Å². The molecule has 1 aromatic rings. The van der Waals surface area contributed by atoms with Crippen LogP contribution in [-0.4, -0.2) is 95.9 Å². The Balaban J connectivity index is 1.52. The van der Waals surface area contributed by atoms with Crippen LogP contribution in [0.4, 0.5) is 5.69 Å². The number of aromatic nitrogens is 1. The van der Waals surface area contributed by atoms with Crippen molar-refractivity contribution in [1.82, 2.24) is 20.1 Å². The van der Waals surface area contributed by atoms with Crippen LogP contribution in [0.2, 0.25) is 0 Å². The van der Waals surface area contributed by atoms with E-state index in [4.69, 9.17) is 9.72 Å². The van der Waals surface area contributed by atoms with Crippen molar-refractivity contribution in [2.75, 3.05) is 50.8 Å². The maximum atomic E-state index is 13.8. The first-order valence-electron chi connectivity index (χ1n) is 13.4. The molecule has 4 rings (SSSR count). The zero-order chi connectivity index (χ0) is 25.3. The predicted molar refractivity (Wildman–Crippen MR) is 139 cm³/mol. The van der Waals surface area contributed by atoms with E-state index >= 15 is 0 Å². The van der Waals surface area contributed by atoms with E-state index in [1.165, 1.54) is 0 Å². The number of aliphatic hydroxyl groups excluding tert-OH is 1. The van der Waals surface area contributed by atoms with Crippen LogP contribution in [0.3, 0.4) is 0 Å². The fraction of sp³-hybridized carbons (Fsp3) is 0.778. The lowest BCUT2D eigenvalue weighted by molar-refractivity contribution is -0.121. The average molecular weight is 488 g/mol. The van der Waals surface area contributed by atoms with E-state index in [-0.39, 0.29) is 17.4 Å². The standard InChI is InChI=1S/C27H45N5O3/c1-7-8-24(33)21-9-23-26(29-10-21)27(5,6)17-32(23)25(34)14-30-12-18(2)28-11-22(30)13-31-19(3)15-35-16-20(31)4/h9-10,18-20,22,24,28,33H,7-8,11-17H2,1-6H3. The van der Waals surface area contributed by atoms with Gasteiger partial charge in [-0.2, -0.15) is 0 Å². The quantitative estimate of drug-likeness (QED) is 0.611. The van der Waals surface area contributed by atoms with Crippen molar-refractivity contribution in [2.45, 2.75) is 90.1 Å². The molecule has 1 amide bonds. The van der Waals surface area contributed by atoms with Gasteiger partial charge < -0.3 is 20.1 Å². The van der Waals surface area contributed by atoms with E-state index in [9.17, 15) is 9.90 Å². The third kappa shape index (κ3) is 5.72. The number of rotatable bonds is 7. The van der Waals surface area contributed by atoms with Crippen molar-refractivity contribution in [1.29, 1.82) is 0 Å². The number of piperazine rings is 1. The lowest BCUT2D eigenvalue weighted by Gasteiger charge is -2.46. The van der Waals surface area contributed by atoms with Gasteiger partial charge in [0.05, 0.1) is 37.2 Å². The molecule has 2 fully saturated rings. The van der Waals surface area contributed by atoms with Gasteiger partial charge in [0.1, 0.15) is 0 Å². The number of aliphatic hydroxyl groups is 1. The molecular formula is C27H45N5O3. The predicted octanol–water partition coefficient (Wildman–Crippen LogP) is 2.31. The molecule has 1 aromatic heterocycles. The van der Waals surface area contributed by atoms with Crippen LogP contribution in [0.25, 0.3) is 0 Å². The average Bonchev–Trinajstić information content (AvgIpc) is 3.08. The minimum Gasteiger partial charge on any atom is -0.388 e. The second-order valence-electron chi connectivity index (χ2n) is 11.6. The second-order valence-corrected chi connectivity index (χ2v) is 11.6. The lowest BCUT2D eigenvalue weighted by Crippen LogP contribution is -2.63. The van der Waals surface area contributed by atoms with Gasteiger partial charge >= 0.3 is 0 Å². The van der Waals surface area contributed by atoms with Gasteiger partial charge in [-0.25, -0.2) is 0 Å². The summed E-state index contributed by atoms with van der Waals surface area (Å²) in [5, 5.41) is 14.2. The van der Waals surface area contributed by atoms with E-state index in [0.717, 1.165) is 56.2 Å². The zero-order valence-corrected chi connectivity index (χ0v) is 22.5. The fourth-order valence-corrected chi connectivity index (χ4v) is 5.90. The molecule has 35 heavy (non-hydrogen) atoms. The Morgan fingerprint density at radius 3 is 2.69 bits per heavy atom. The number of carbonyl (C=O) groups is 1. The first kappa shape index (κ1) is 26.5. The van der Waals surface area contributed by atoms with E-state index in [0.29, 0.717) is 37.6 Å². The lowest BCUT2D eigenvalue weighted by atomic mass is 9.91. The Labute approximate surface area is 211 Å². The van der Waals surface area contributed by atoms with Crippen molar-refractivity contribution >= 4 is 11.6 Å². The van der Waals surface area contributed by atoms with Crippen LogP contribution >= 0.6 is 0 Å². The van der Waals surface area contributed by atoms with Gasteiger partial charge in [0, 0.05) is 67.5 Å². The zero-order valence-electron chi connectivity index (χ0n) is 22.5. The second kappa shape index (κ2) is 10.8. The number of ether oxygens (including phenoxy) is 1. The molecule has 0 bridgehead atoms. The molecule has 2 N–H and O–H groups in total. The summed E-state index contributed by atoms with van der Waals surface area (Å²) in [6.45, 7) is 18.2. The van der Waals surface area contributed by atoms with Crippen molar-refractivity contribution in [3.05, 3.63) is 23.5 Å². The number of hydrogen-bond donors (Lipinski definition) is 2. The Bertz CT molecular complexity index is 884. The summed E-state index contributed by atoms with van der Waals surface area (Å²) >= 11 is 0. The van der Waals surface area contributed by atoms with E-state index in [1.54, 1.807) is 6.20 Å². The van der Waals surface area contributed by atoms with Crippen LogP contribution in [0.15, 0.2) is 12.3 Å². The number of fused-ring (bicyclic) bond motifs is 1. The summed E-state index contributed by atoms with van der Waals surface area (Å²) in [4.78, 5) is 25.3. The molecule has 0 aromatic carbocycles. The molecule has 0 saturated carbocycles. The molecule has 3 aliphatic rings. The Morgan fingerprint density at radius 1 is 1.29 bits per heavy atom. The molecule has 5 unspecified atom stereocenters. The third-order valence-electron chi connectivity index (χ3n) is 7.96. The summed E-state index contributed by atoms with van der Waals surface area (Å²) in [5.74, 6) is 0.114. The summed E-state index contributed by atoms with van der Waals surface area (Å²) < 4.78 is 5.73. The topological polar surface area (TPSA) is 81.2 Å². The van der Waals surface area contributed by atoms with Crippen molar-refractivity contribution in [2.24, 2.45) is 0 Å². The highest BCUT2D eigenvalue weighted by molar-refractivity contribution is 5.97. The smallest absolute Gasteiger partial charge is 0.241 e.